The SMILES string of the molecule is O=C(CC(O)CI)OCc1ccccc1. The van der Waals surface area contributed by atoms with Crippen molar-refractivity contribution in [3.63, 3.8) is 0 Å². The molecule has 1 N–H and O–H groups in total. The van der Waals surface area contributed by atoms with E-state index in [1.54, 1.807) is 0 Å². The molecule has 0 fully saturated rings. The Labute approximate surface area is 103 Å². The minimum Gasteiger partial charge on any atom is -0.461 e. The molecule has 1 unspecified atom stereocenters. The molecule has 0 spiro atoms. The Kier molecular flexibility index (Phi) is 5.63. The van der Waals surface area contributed by atoms with Crippen LogP contribution in [-0.2, 0) is 16.1 Å². The van der Waals surface area contributed by atoms with Crippen LogP contribution in [0.25, 0.3) is 0 Å². The van der Waals surface area contributed by atoms with Crippen LogP contribution in [0.2, 0.25) is 0 Å². The predicted octanol–water partition coefficient (Wildman–Crippen LogP) is 1.92. The van der Waals surface area contributed by atoms with Crippen molar-refractivity contribution in [3.8, 4) is 0 Å². The first kappa shape index (κ1) is 12.4. The van der Waals surface area contributed by atoms with Crippen LogP contribution in [0.3, 0.4) is 0 Å². The molecule has 0 radical (unpaired) electrons. The van der Waals surface area contributed by atoms with Gasteiger partial charge in [-0.25, -0.2) is 0 Å². The van der Waals surface area contributed by atoms with Crippen molar-refractivity contribution in [3.05, 3.63) is 35.9 Å². The summed E-state index contributed by atoms with van der Waals surface area (Å²) in [7, 11) is 0. The summed E-state index contributed by atoms with van der Waals surface area (Å²) in [6.07, 6.45) is -0.538. The Morgan fingerprint density at radius 3 is 2.67 bits per heavy atom. The van der Waals surface area contributed by atoms with Gasteiger partial charge in [-0.05, 0) is 5.56 Å². The quantitative estimate of drug-likeness (QED) is 0.512. The smallest absolute Gasteiger partial charge is 0.308 e. The molecule has 0 aliphatic heterocycles. The molecule has 82 valence electrons. The van der Waals surface area contributed by atoms with Gasteiger partial charge in [-0.3, -0.25) is 4.79 Å². The molecule has 0 amide bonds. The molecule has 0 heterocycles. The predicted molar refractivity (Wildman–Crippen MR) is 65.7 cm³/mol. The molecule has 4 heteroatoms. The maximum Gasteiger partial charge on any atom is 0.308 e. The summed E-state index contributed by atoms with van der Waals surface area (Å²) in [5.74, 6) is -0.358. The van der Waals surface area contributed by atoms with Gasteiger partial charge < -0.3 is 9.84 Å². The van der Waals surface area contributed by atoms with E-state index in [4.69, 9.17) is 4.74 Å². The maximum absolute atomic E-state index is 11.2. The largest absolute Gasteiger partial charge is 0.461 e. The van der Waals surface area contributed by atoms with Crippen LogP contribution >= 0.6 is 22.6 Å². The third-order valence-corrected chi connectivity index (χ3v) is 2.84. The molecule has 3 nitrogen and oxygen atoms in total. The average Bonchev–Trinajstić information content (AvgIpc) is 2.27. The first-order chi connectivity index (χ1) is 7.22. The third kappa shape index (κ3) is 5.13. The fourth-order valence-corrected chi connectivity index (χ4v) is 1.36. The van der Waals surface area contributed by atoms with E-state index in [-0.39, 0.29) is 19.0 Å². The van der Waals surface area contributed by atoms with Gasteiger partial charge in [-0.15, -0.1) is 0 Å². The highest BCUT2D eigenvalue weighted by molar-refractivity contribution is 14.1. The molecule has 0 saturated heterocycles. The summed E-state index contributed by atoms with van der Waals surface area (Å²) >= 11 is 2.03. The number of rotatable bonds is 5. The topological polar surface area (TPSA) is 46.5 Å². The lowest BCUT2D eigenvalue weighted by molar-refractivity contribution is -0.146. The van der Waals surface area contributed by atoms with Gasteiger partial charge in [0.05, 0.1) is 12.5 Å². The highest BCUT2D eigenvalue weighted by atomic mass is 127. The lowest BCUT2D eigenvalue weighted by Crippen LogP contribution is -2.16. The van der Waals surface area contributed by atoms with Gasteiger partial charge in [-0.1, -0.05) is 52.9 Å². The number of carbonyl (C=O) groups is 1. The second-order valence-electron chi connectivity index (χ2n) is 3.16. The van der Waals surface area contributed by atoms with Crippen molar-refractivity contribution in [1.29, 1.82) is 0 Å². The van der Waals surface area contributed by atoms with Crippen molar-refractivity contribution >= 4 is 28.6 Å². The van der Waals surface area contributed by atoms with Gasteiger partial charge in [-0.2, -0.15) is 0 Å². The average molecular weight is 320 g/mol. The Morgan fingerprint density at radius 2 is 2.07 bits per heavy atom. The normalized spacial score (nSPS) is 12.1. The van der Waals surface area contributed by atoms with Gasteiger partial charge in [0.25, 0.3) is 0 Å². The van der Waals surface area contributed by atoms with E-state index in [2.05, 4.69) is 0 Å². The third-order valence-electron chi connectivity index (χ3n) is 1.82. The molecule has 0 aromatic heterocycles. The molecule has 0 aliphatic carbocycles. The second kappa shape index (κ2) is 6.79. The van der Waals surface area contributed by atoms with Gasteiger partial charge in [0.15, 0.2) is 0 Å². The zero-order valence-electron chi connectivity index (χ0n) is 8.23. The fourth-order valence-electron chi connectivity index (χ4n) is 1.04. The Bertz CT molecular complexity index is 300. The summed E-state index contributed by atoms with van der Waals surface area (Å²) < 4.78 is 5.54. The van der Waals surface area contributed by atoms with Crippen LogP contribution in [0.15, 0.2) is 30.3 Å². The number of ether oxygens (including phenoxy) is 1. The van der Waals surface area contributed by atoms with Crippen LogP contribution in [0.4, 0.5) is 0 Å². The van der Waals surface area contributed by atoms with E-state index in [1.807, 2.05) is 52.9 Å². The molecule has 0 bridgehead atoms. The summed E-state index contributed by atoms with van der Waals surface area (Å²) in [6, 6.07) is 9.47. The number of hydrogen-bond acceptors (Lipinski definition) is 3. The lowest BCUT2D eigenvalue weighted by Gasteiger charge is -2.07. The number of aliphatic hydroxyl groups is 1. The Morgan fingerprint density at radius 1 is 1.40 bits per heavy atom. The zero-order valence-corrected chi connectivity index (χ0v) is 10.4. The number of benzene rings is 1. The molecule has 1 rings (SSSR count). The van der Waals surface area contributed by atoms with Crippen molar-refractivity contribution in [2.24, 2.45) is 0 Å². The van der Waals surface area contributed by atoms with E-state index < -0.39 is 6.10 Å². The molecule has 1 aromatic rings. The summed E-state index contributed by atoms with van der Waals surface area (Å²) in [5.41, 5.74) is 0.954. The molecular weight excluding hydrogens is 307 g/mol. The number of halogens is 1. The van der Waals surface area contributed by atoms with Crippen LogP contribution < -0.4 is 0 Å². The van der Waals surface area contributed by atoms with Crippen molar-refractivity contribution in [1.82, 2.24) is 0 Å². The van der Waals surface area contributed by atoms with Gasteiger partial charge in [0.1, 0.15) is 6.61 Å². The van der Waals surface area contributed by atoms with Gasteiger partial charge in [0.2, 0.25) is 0 Å². The molecular formula is C11H13IO3. The highest BCUT2D eigenvalue weighted by Gasteiger charge is 2.10. The molecule has 1 atom stereocenters. The zero-order chi connectivity index (χ0) is 11.1. The summed E-state index contributed by atoms with van der Waals surface area (Å²) in [5, 5.41) is 9.22. The van der Waals surface area contributed by atoms with Gasteiger partial charge in [0, 0.05) is 4.43 Å². The van der Waals surface area contributed by atoms with Crippen molar-refractivity contribution in [2.75, 3.05) is 4.43 Å². The first-order valence-corrected chi connectivity index (χ1v) is 6.18. The monoisotopic (exact) mass is 320 g/mol. The number of aliphatic hydroxyl groups excluding tert-OH is 1. The van der Waals surface area contributed by atoms with E-state index in [1.165, 1.54) is 0 Å². The number of hydrogen-bond donors (Lipinski definition) is 1. The first-order valence-electron chi connectivity index (χ1n) is 4.66. The lowest BCUT2D eigenvalue weighted by atomic mass is 10.2. The van der Waals surface area contributed by atoms with E-state index in [0.717, 1.165) is 5.56 Å². The highest BCUT2D eigenvalue weighted by Crippen LogP contribution is 2.04. The van der Waals surface area contributed by atoms with Crippen LogP contribution in [0.1, 0.15) is 12.0 Å². The molecule has 1 aromatic carbocycles. The molecule has 0 aliphatic rings. The Hall–Kier alpha value is -0.620. The number of alkyl halides is 1. The number of carbonyl (C=O) groups excluding carboxylic acids is 1. The summed E-state index contributed by atoms with van der Waals surface area (Å²) in [4.78, 5) is 11.2. The summed E-state index contributed by atoms with van der Waals surface area (Å²) in [6.45, 7) is 0.271. The minimum absolute atomic E-state index is 0.0653. The van der Waals surface area contributed by atoms with Crippen LogP contribution in [0, 0.1) is 0 Å². The maximum atomic E-state index is 11.2. The fraction of sp³-hybridized carbons (Fsp3) is 0.364. The van der Waals surface area contributed by atoms with Crippen LogP contribution in [-0.4, -0.2) is 21.6 Å². The van der Waals surface area contributed by atoms with Gasteiger partial charge >= 0.3 is 5.97 Å². The minimum atomic E-state index is -0.603. The molecule has 15 heavy (non-hydrogen) atoms. The van der Waals surface area contributed by atoms with E-state index in [0.29, 0.717) is 4.43 Å². The van der Waals surface area contributed by atoms with Crippen molar-refractivity contribution < 1.29 is 14.6 Å². The van der Waals surface area contributed by atoms with E-state index >= 15 is 0 Å². The standard InChI is InChI=1S/C11H13IO3/c12-7-10(13)6-11(14)15-8-9-4-2-1-3-5-9/h1-5,10,13H,6-8H2. The van der Waals surface area contributed by atoms with Crippen LogP contribution in [0.5, 0.6) is 0 Å². The second-order valence-corrected chi connectivity index (χ2v) is 4.04. The number of esters is 1. The Balaban J connectivity index is 2.29. The molecule has 0 saturated carbocycles. The van der Waals surface area contributed by atoms with E-state index in [9.17, 15) is 9.90 Å². The van der Waals surface area contributed by atoms with Crippen molar-refractivity contribution in [2.45, 2.75) is 19.1 Å².